The molecule has 2 aromatic rings. The summed E-state index contributed by atoms with van der Waals surface area (Å²) in [6, 6.07) is 11.4. The summed E-state index contributed by atoms with van der Waals surface area (Å²) in [6.07, 6.45) is 0. The first kappa shape index (κ1) is 12.8. The topological polar surface area (TPSA) is 84.2 Å². The van der Waals surface area contributed by atoms with Gasteiger partial charge in [0.25, 0.3) is 5.56 Å². The van der Waals surface area contributed by atoms with Gasteiger partial charge in [0.1, 0.15) is 18.1 Å². The van der Waals surface area contributed by atoms with E-state index in [9.17, 15) is 14.7 Å². The first-order valence-corrected chi connectivity index (χ1v) is 5.64. The van der Waals surface area contributed by atoms with E-state index in [4.69, 9.17) is 4.74 Å². The number of aromatic carboxylic acids is 1. The third kappa shape index (κ3) is 3.41. The van der Waals surface area contributed by atoms with Crippen LogP contribution in [0.4, 0.5) is 0 Å². The van der Waals surface area contributed by atoms with E-state index in [0.717, 1.165) is 16.8 Å². The molecule has 6 heteroatoms. The minimum Gasteiger partial charge on any atom is -0.543 e. The van der Waals surface area contributed by atoms with Crippen LogP contribution in [-0.2, 0) is 6.54 Å². The highest BCUT2D eigenvalue weighted by Crippen LogP contribution is 2.07. The maximum Gasteiger partial charge on any atom is 0.266 e. The van der Waals surface area contributed by atoms with Crippen molar-refractivity contribution in [2.24, 2.45) is 0 Å². The molecule has 2 rings (SSSR count). The SMILES string of the molecule is O=C([O-])c1ccc(=O)n(CCOc2ccccc2)n1. The standard InChI is InChI=1S/C13H12N2O4/c16-12-7-6-11(13(17)18)14-15(12)8-9-19-10-4-2-1-3-5-10/h1-7H,8-9H2,(H,17,18)/p-1. The highest BCUT2D eigenvalue weighted by atomic mass is 16.5. The van der Waals surface area contributed by atoms with E-state index in [2.05, 4.69) is 5.10 Å². The molecule has 0 amide bonds. The highest BCUT2D eigenvalue weighted by Gasteiger charge is 2.01. The Hall–Kier alpha value is -2.63. The first-order chi connectivity index (χ1) is 9.16. The van der Waals surface area contributed by atoms with Gasteiger partial charge in [-0.15, -0.1) is 0 Å². The van der Waals surface area contributed by atoms with Crippen LogP contribution < -0.4 is 15.4 Å². The average Bonchev–Trinajstić information content (AvgIpc) is 2.42. The largest absolute Gasteiger partial charge is 0.543 e. The first-order valence-electron chi connectivity index (χ1n) is 5.64. The third-order valence-electron chi connectivity index (χ3n) is 2.39. The maximum absolute atomic E-state index is 11.5. The van der Waals surface area contributed by atoms with Crippen LogP contribution in [0.25, 0.3) is 0 Å². The smallest absolute Gasteiger partial charge is 0.266 e. The average molecular weight is 259 g/mol. The van der Waals surface area contributed by atoms with E-state index in [1.165, 1.54) is 0 Å². The van der Waals surface area contributed by atoms with E-state index in [1.807, 2.05) is 18.2 Å². The highest BCUT2D eigenvalue weighted by molar-refractivity contribution is 5.82. The van der Waals surface area contributed by atoms with Gasteiger partial charge in [-0.1, -0.05) is 18.2 Å². The van der Waals surface area contributed by atoms with Crippen LogP contribution in [0.2, 0.25) is 0 Å². The summed E-state index contributed by atoms with van der Waals surface area (Å²) in [5.74, 6) is -0.746. The maximum atomic E-state index is 11.5. The van der Waals surface area contributed by atoms with Gasteiger partial charge in [0.05, 0.1) is 12.5 Å². The fraction of sp³-hybridized carbons (Fsp3) is 0.154. The van der Waals surface area contributed by atoms with Gasteiger partial charge in [-0.3, -0.25) is 4.79 Å². The summed E-state index contributed by atoms with van der Waals surface area (Å²) in [6.45, 7) is 0.377. The van der Waals surface area contributed by atoms with Crippen LogP contribution in [-0.4, -0.2) is 22.4 Å². The lowest BCUT2D eigenvalue weighted by Crippen LogP contribution is -2.31. The molecule has 0 bridgehead atoms. The number of hydrogen-bond acceptors (Lipinski definition) is 5. The third-order valence-corrected chi connectivity index (χ3v) is 2.39. The van der Waals surface area contributed by atoms with Crippen molar-refractivity contribution in [1.82, 2.24) is 9.78 Å². The van der Waals surface area contributed by atoms with Gasteiger partial charge in [-0.25, -0.2) is 4.68 Å². The lowest BCUT2D eigenvalue weighted by Gasteiger charge is -2.08. The molecule has 1 aromatic heterocycles. The molecule has 19 heavy (non-hydrogen) atoms. The summed E-state index contributed by atoms with van der Waals surface area (Å²) in [5.41, 5.74) is -0.666. The van der Waals surface area contributed by atoms with Crippen molar-refractivity contribution in [3.05, 3.63) is 58.5 Å². The van der Waals surface area contributed by atoms with E-state index in [1.54, 1.807) is 12.1 Å². The Morgan fingerprint density at radius 2 is 1.95 bits per heavy atom. The Morgan fingerprint density at radius 1 is 1.21 bits per heavy atom. The number of para-hydroxylation sites is 1. The Balaban J connectivity index is 2.01. The summed E-state index contributed by atoms with van der Waals surface area (Å²) in [4.78, 5) is 22.1. The molecule has 0 aliphatic rings. The van der Waals surface area contributed by atoms with Gasteiger partial charge >= 0.3 is 0 Å². The quantitative estimate of drug-likeness (QED) is 0.735. The predicted molar refractivity (Wildman–Crippen MR) is 64.8 cm³/mol. The van der Waals surface area contributed by atoms with Crippen molar-refractivity contribution in [3.63, 3.8) is 0 Å². The van der Waals surface area contributed by atoms with Gasteiger partial charge < -0.3 is 14.6 Å². The molecule has 0 unspecified atom stereocenters. The minimum absolute atomic E-state index is 0.162. The molecule has 98 valence electrons. The lowest BCUT2D eigenvalue weighted by atomic mass is 10.3. The zero-order valence-electron chi connectivity index (χ0n) is 9.98. The normalized spacial score (nSPS) is 10.1. The van der Waals surface area contributed by atoms with Crippen LogP contribution in [0.3, 0.4) is 0 Å². The number of carboxylic acids is 1. The number of ether oxygens (including phenoxy) is 1. The van der Waals surface area contributed by atoms with Gasteiger partial charge in [0, 0.05) is 6.07 Å². The fourth-order valence-electron chi connectivity index (χ4n) is 1.48. The molecule has 0 radical (unpaired) electrons. The molecule has 1 heterocycles. The van der Waals surface area contributed by atoms with E-state index >= 15 is 0 Å². The van der Waals surface area contributed by atoms with Crippen molar-refractivity contribution < 1.29 is 14.6 Å². The van der Waals surface area contributed by atoms with E-state index in [-0.39, 0.29) is 24.4 Å². The van der Waals surface area contributed by atoms with Crippen molar-refractivity contribution in [2.45, 2.75) is 6.54 Å². The number of hydrogen-bond donors (Lipinski definition) is 0. The molecular weight excluding hydrogens is 248 g/mol. The Kier molecular flexibility index (Phi) is 3.92. The van der Waals surface area contributed by atoms with Gasteiger partial charge in [0.2, 0.25) is 0 Å². The molecule has 0 aliphatic carbocycles. The van der Waals surface area contributed by atoms with Gasteiger partial charge in [-0.05, 0) is 18.2 Å². The number of rotatable bonds is 5. The van der Waals surface area contributed by atoms with E-state index < -0.39 is 5.97 Å². The fourth-order valence-corrected chi connectivity index (χ4v) is 1.48. The molecule has 0 saturated carbocycles. The molecule has 0 saturated heterocycles. The summed E-state index contributed by atoms with van der Waals surface area (Å²) in [5, 5.41) is 14.3. The molecule has 1 aromatic carbocycles. The molecule has 0 fully saturated rings. The number of carbonyl (C=O) groups excluding carboxylic acids is 1. The molecule has 0 N–H and O–H groups in total. The second-order valence-electron chi connectivity index (χ2n) is 3.73. The van der Waals surface area contributed by atoms with E-state index in [0.29, 0.717) is 5.75 Å². The Bertz CT molecular complexity index is 622. The van der Waals surface area contributed by atoms with Crippen molar-refractivity contribution in [1.29, 1.82) is 0 Å². The van der Waals surface area contributed by atoms with Crippen LogP contribution in [0, 0.1) is 0 Å². The zero-order chi connectivity index (χ0) is 13.7. The van der Waals surface area contributed by atoms with Gasteiger partial charge in [0.15, 0.2) is 0 Å². The van der Waals surface area contributed by atoms with Crippen LogP contribution in [0.15, 0.2) is 47.3 Å². The van der Waals surface area contributed by atoms with Crippen molar-refractivity contribution in [2.75, 3.05) is 6.61 Å². The number of nitrogens with zero attached hydrogens (tertiary/aromatic N) is 2. The van der Waals surface area contributed by atoms with Crippen LogP contribution >= 0.6 is 0 Å². The number of carbonyl (C=O) groups is 1. The summed E-state index contributed by atoms with van der Waals surface area (Å²) >= 11 is 0. The van der Waals surface area contributed by atoms with Crippen molar-refractivity contribution >= 4 is 5.97 Å². The molecular formula is C13H11N2O4-. The summed E-state index contributed by atoms with van der Waals surface area (Å²) in [7, 11) is 0. The minimum atomic E-state index is -1.42. The molecule has 0 spiro atoms. The number of aromatic nitrogens is 2. The van der Waals surface area contributed by atoms with Crippen molar-refractivity contribution in [3.8, 4) is 5.75 Å². The number of carboxylic acid groups (broad SMARTS) is 1. The second-order valence-corrected chi connectivity index (χ2v) is 3.73. The summed E-state index contributed by atoms with van der Waals surface area (Å²) < 4.78 is 6.44. The predicted octanol–water partition coefficient (Wildman–Crippen LogP) is -0.314. The molecule has 0 aliphatic heterocycles. The van der Waals surface area contributed by atoms with Crippen LogP contribution in [0.5, 0.6) is 5.75 Å². The molecule has 6 nitrogen and oxygen atoms in total. The monoisotopic (exact) mass is 259 g/mol. The second kappa shape index (κ2) is 5.81. The molecule has 0 atom stereocenters. The Labute approximate surface area is 108 Å². The zero-order valence-corrected chi connectivity index (χ0v) is 9.98. The van der Waals surface area contributed by atoms with Crippen LogP contribution in [0.1, 0.15) is 10.5 Å². The number of benzene rings is 1. The van der Waals surface area contributed by atoms with Gasteiger partial charge in [-0.2, -0.15) is 5.10 Å². The lowest BCUT2D eigenvalue weighted by molar-refractivity contribution is -0.255. The Morgan fingerprint density at radius 3 is 2.63 bits per heavy atom.